The Hall–Kier alpha value is -1.09. The smallest absolute Gasteiger partial charge is 0.131 e. The summed E-state index contributed by atoms with van der Waals surface area (Å²) in [6, 6.07) is 8.41. The van der Waals surface area contributed by atoms with Crippen LogP contribution >= 0.6 is 15.9 Å². The molecule has 0 atom stereocenters. The Bertz CT molecular complexity index is 482. The third kappa shape index (κ3) is 1.48. The van der Waals surface area contributed by atoms with Crippen LogP contribution in [-0.4, -0.2) is 7.11 Å². The number of hydrogen-bond acceptors (Lipinski definition) is 1. The van der Waals surface area contributed by atoms with E-state index >= 15 is 0 Å². The average Bonchev–Trinajstić information content (AvgIpc) is 2.23. The lowest BCUT2D eigenvalue weighted by atomic mass is 10.1. The van der Waals surface area contributed by atoms with Gasteiger partial charge in [-0.15, -0.1) is 0 Å². The fraction of sp³-hybridized carbons (Fsp3) is 0.0909. The molecule has 0 fully saturated rings. The monoisotopic (exact) mass is 254 g/mol. The largest absolute Gasteiger partial charge is 0.497 e. The second-order valence-corrected chi connectivity index (χ2v) is 3.80. The van der Waals surface area contributed by atoms with E-state index in [2.05, 4.69) is 15.9 Å². The molecule has 0 unspecified atom stereocenters. The maximum Gasteiger partial charge on any atom is 0.131 e. The molecule has 0 radical (unpaired) electrons. The number of rotatable bonds is 1. The minimum Gasteiger partial charge on any atom is -0.497 e. The van der Waals surface area contributed by atoms with Gasteiger partial charge in [0.2, 0.25) is 0 Å². The molecule has 2 aromatic carbocycles. The number of methoxy groups -OCH3 is 1. The summed E-state index contributed by atoms with van der Waals surface area (Å²) in [4.78, 5) is 0. The molecule has 0 bridgehead atoms. The van der Waals surface area contributed by atoms with Crippen LogP contribution in [0.5, 0.6) is 5.75 Å². The molecule has 0 aliphatic carbocycles. The normalized spacial score (nSPS) is 10.5. The van der Waals surface area contributed by atoms with E-state index < -0.39 is 0 Å². The zero-order valence-electron chi connectivity index (χ0n) is 7.55. The Morgan fingerprint density at radius 1 is 1.14 bits per heavy atom. The Balaban J connectivity index is 2.80. The van der Waals surface area contributed by atoms with E-state index in [0.29, 0.717) is 5.39 Å². The second kappa shape index (κ2) is 3.58. The molecule has 0 aromatic heterocycles. The van der Waals surface area contributed by atoms with Gasteiger partial charge in [0.25, 0.3) is 0 Å². The molecular formula is C11H8BrFO. The van der Waals surface area contributed by atoms with E-state index in [1.54, 1.807) is 25.3 Å². The van der Waals surface area contributed by atoms with Gasteiger partial charge in [-0.05, 0) is 30.3 Å². The van der Waals surface area contributed by atoms with Gasteiger partial charge in [-0.25, -0.2) is 4.39 Å². The lowest BCUT2D eigenvalue weighted by Crippen LogP contribution is -1.85. The van der Waals surface area contributed by atoms with Gasteiger partial charge < -0.3 is 4.74 Å². The highest BCUT2D eigenvalue weighted by Gasteiger charge is 2.04. The molecule has 0 aliphatic rings. The molecule has 0 saturated heterocycles. The van der Waals surface area contributed by atoms with Gasteiger partial charge in [0, 0.05) is 15.2 Å². The van der Waals surface area contributed by atoms with Crippen LogP contribution in [0.15, 0.2) is 34.8 Å². The zero-order chi connectivity index (χ0) is 10.1. The molecule has 2 rings (SSSR count). The molecule has 0 heterocycles. The molecule has 0 N–H and O–H groups in total. The van der Waals surface area contributed by atoms with Crippen LogP contribution in [0.1, 0.15) is 0 Å². The van der Waals surface area contributed by atoms with E-state index in [-0.39, 0.29) is 5.82 Å². The quantitative estimate of drug-likeness (QED) is 0.754. The summed E-state index contributed by atoms with van der Waals surface area (Å²) in [7, 11) is 1.59. The molecule has 14 heavy (non-hydrogen) atoms. The second-order valence-electron chi connectivity index (χ2n) is 2.94. The highest BCUT2D eigenvalue weighted by atomic mass is 79.9. The number of ether oxygens (including phenoxy) is 1. The number of halogens is 2. The van der Waals surface area contributed by atoms with E-state index in [1.807, 2.05) is 6.07 Å². The molecule has 72 valence electrons. The Kier molecular flexibility index (Phi) is 2.42. The highest BCUT2D eigenvalue weighted by Crippen LogP contribution is 2.29. The van der Waals surface area contributed by atoms with Crippen molar-refractivity contribution in [3.05, 3.63) is 40.6 Å². The average molecular weight is 255 g/mol. The third-order valence-corrected chi connectivity index (χ3v) is 2.81. The van der Waals surface area contributed by atoms with E-state index in [0.717, 1.165) is 15.6 Å². The molecule has 0 amide bonds. The first kappa shape index (κ1) is 9.46. The van der Waals surface area contributed by atoms with Crippen molar-refractivity contribution >= 4 is 26.7 Å². The Morgan fingerprint density at radius 3 is 2.64 bits per heavy atom. The maximum absolute atomic E-state index is 13.3. The minimum atomic E-state index is -0.217. The summed E-state index contributed by atoms with van der Waals surface area (Å²) >= 11 is 3.37. The lowest BCUT2D eigenvalue weighted by molar-refractivity contribution is 0.415. The summed E-state index contributed by atoms with van der Waals surface area (Å²) < 4.78 is 19.3. The van der Waals surface area contributed by atoms with Crippen LogP contribution in [0.4, 0.5) is 4.39 Å². The van der Waals surface area contributed by atoms with Crippen LogP contribution in [0, 0.1) is 5.82 Å². The lowest BCUT2D eigenvalue weighted by Gasteiger charge is -2.04. The van der Waals surface area contributed by atoms with Gasteiger partial charge in [0.05, 0.1) is 7.11 Å². The van der Waals surface area contributed by atoms with Crippen LogP contribution in [-0.2, 0) is 0 Å². The third-order valence-electron chi connectivity index (χ3n) is 2.12. The van der Waals surface area contributed by atoms with Gasteiger partial charge in [-0.2, -0.15) is 0 Å². The van der Waals surface area contributed by atoms with Crippen LogP contribution in [0.3, 0.4) is 0 Å². The minimum absolute atomic E-state index is 0.217. The number of benzene rings is 2. The molecule has 0 spiro atoms. The summed E-state index contributed by atoms with van der Waals surface area (Å²) in [5, 5.41) is 1.42. The summed E-state index contributed by atoms with van der Waals surface area (Å²) in [6.07, 6.45) is 0. The summed E-state index contributed by atoms with van der Waals surface area (Å²) in [6.45, 7) is 0. The van der Waals surface area contributed by atoms with Gasteiger partial charge in [-0.1, -0.05) is 15.9 Å². The fourth-order valence-electron chi connectivity index (χ4n) is 1.38. The summed E-state index contributed by atoms with van der Waals surface area (Å²) in [5.74, 6) is 0.509. The van der Waals surface area contributed by atoms with Crippen molar-refractivity contribution in [1.82, 2.24) is 0 Å². The zero-order valence-corrected chi connectivity index (χ0v) is 9.14. The van der Waals surface area contributed by atoms with Gasteiger partial charge in [-0.3, -0.25) is 0 Å². The molecule has 0 saturated carbocycles. The van der Waals surface area contributed by atoms with Crippen molar-refractivity contribution in [1.29, 1.82) is 0 Å². The van der Waals surface area contributed by atoms with Crippen molar-refractivity contribution in [2.45, 2.75) is 0 Å². The van der Waals surface area contributed by atoms with E-state index in [1.165, 1.54) is 6.07 Å². The van der Waals surface area contributed by atoms with Gasteiger partial charge in [0.15, 0.2) is 0 Å². The Labute approximate surface area is 89.6 Å². The fourth-order valence-corrected chi connectivity index (χ4v) is 1.84. The first-order valence-electron chi connectivity index (χ1n) is 4.14. The topological polar surface area (TPSA) is 9.23 Å². The van der Waals surface area contributed by atoms with Crippen LogP contribution in [0.2, 0.25) is 0 Å². The SMILES string of the molecule is COc1ccc2c(F)ccc(Br)c2c1. The van der Waals surface area contributed by atoms with Crippen molar-refractivity contribution in [2.24, 2.45) is 0 Å². The predicted octanol–water partition coefficient (Wildman–Crippen LogP) is 3.75. The van der Waals surface area contributed by atoms with Gasteiger partial charge in [0.1, 0.15) is 11.6 Å². The molecule has 1 nitrogen and oxygen atoms in total. The summed E-state index contributed by atoms with van der Waals surface area (Å²) in [5.41, 5.74) is 0. The van der Waals surface area contributed by atoms with Crippen molar-refractivity contribution in [2.75, 3.05) is 7.11 Å². The first-order chi connectivity index (χ1) is 6.72. The van der Waals surface area contributed by atoms with E-state index in [4.69, 9.17) is 4.74 Å². The van der Waals surface area contributed by atoms with Crippen molar-refractivity contribution in [3.8, 4) is 5.75 Å². The number of hydrogen-bond donors (Lipinski definition) is 0. The van der Waals surface area contributed by atoms with Crippen LogP contribution in [0.25, 0.3) is 10.8 Å². The molecular weight excluding hydrogens is 247 g/mol. The molecule has 3 heteroatoms. The Morgan fingerprint density at radius 2 is 1.93 bits per heavy atom. The van der Waals surface area contributed by atoms with Crippen LogP contribution < -0.4 is 4.74 Å². The molecule has 2 aromatic rings. The standard InChI is InChI=1S/C11H8BrFO/c1-14-7-2-3-8-9(6-7)10(12)4-5-11(8)13/h2-6H,1H3. The van der Waals surface area contributed by atoms with E-state index in [9.17, 15) is 4.39 Å². The van der Waals surface area contributed by atoms with Crippen molar-refractivity contribution in [3.63, 3.8) is 0 Å². The van der Waals surface area contributed by atoms with Crippen molar-refractivity contribution < 1.29 is 9.13 Å². The predicted molar refractivity (Wildman–Crippen MR) is 58.2 cm³/mol. The number of fused-ring (bicyclic) bond motifs is 1. The molecule has 0 aliphatic heterocycles. The maximum atomic E-state index is 13.3. The first-order valence-corrected chi connectivity index (χ1v) is 4.93. The highest BCUT2D eigenvalue weighted by molar-refractivity contribution is 9.10. The van der Waals surface area contributed by atoms with Gasteiger partial charge >= 0.3 is 0 Å².